The molecule has 0 unspecified atom stereocenters. The van der Waals surface area contributed by atoms with Crippen LogP contribution in [0.4, 0.5) is 0 Å². The van der Waals surface area contributed by atoms with E-state index in [1.807, 2.05) is 6.92 Å². The summed E-state index contributed by atoms with van der Waals surface area (Å²) in [6.07, 6.45) is 8.11. The lowest BCUT2D eigenvalue weighted by molar-refractivity contribution is -0.151. The molecular weight excluding hydrogens is 324 g/mol. The van der Waals surface area contributed by atoms with Crippen LogP contribution >= 0.6 is 0 Å². The van der Waals surface area contributed by atoms with Crippen molar-refractivity contribution in [3.8, 4) is 0 Å². The highest BCUT2D eigenvalue weighted by molar-refractivity contribution is 5.80. The topological polar surface area (TPSA) is 54.4 Å². The van der Waals surface area contributed by atoms with Gasteiger partial charge in [0.2, 0.25) is 0 Å². The molecule has 0 amide bonds. The maximum Gasteiger partial charge on any atom is 0.309 e. The van der Waals surface area contributed by atoms with Crippen LogP contribution in [0.3, 0.4) is 0 Å². The number of fused-ring (bicyclic) bond motifs is 4. The number of carboxylic acid groups (broad SMARTS) is 1. The van der Waals surface area contributed by atoms with Crippen molar-refractivity contribution in [3.63, 3.8) is 0 Å². The predicted octanol–water partition coefficient (Wildman–Crippen LogP) is 5.39. The average Bonchev–Trinajstić information content (AvgIpc) is 3.00. The molecule has 0 aromatic heterocycles. The lowest BCUT2D eigenvalue weighted by Crippen LogP contribution is -2.49. The lowest BCUT2D eigenvalue weighted by atomic mass is 9.48. The molecule has 6 atom stereocenters. The van der Waals surface area contributed by atoms with Crippen LogP contribution in [-0.2, 0) is 9.59 Å². The van der Waals surface area contributed by atoms with Gasteiger partial charge in [-0.05, 0) is 87.4 Å². The third-order valence-corrected chi connectivity index (χ3v) is 9.94. The summed E-state index contributed by atoms with van der Waals surface area (Å²) in [4.78, 5) is 24.4. The highest BCUT2D eigenvalue weighted by Gasteiger charge is 2.65. The van der Waals surface area contributed by atoms with Crippen molar-refractivity contribution in [2.45, 2.75) is 86.0 Å². The second-order valence-electron chi connectivity index (χ2n) is 10.6. The van der Waals surface area contributed by atoms with Crippen LogP contribution in [-0.4, -0.2) is 16.9 Å². The number of carboxylic acids is 1. The number of rotatable bonds is 2. The molecule has 2 saturated carbocycles. The fraction of sp³-hybridized carbons (Fsp3) is 0.826. The highest BCUT2D eigenvalue weighted by atomic mass is 16.4. The Bertz CT molecular complexity index is 721. The standard InChI is InChI=1S/C23H34O3/c1-14(24)15-8-10-23(5)17-6-7-18-20(2,12-13-21(18,3)19(25)26)16(17)9-11-22(15,23)4/h15,18H,6-13H2,1-5H3,(H,25,26)/t15-,18+,20-,21-,22-,23+/m1/s1. The predicted molar refractivity (Wildman–Crippen MR) is 102 cm³/mol. The van der Waals surface area contributed by atoms with E-state index in [1.165, 1.54) is 0 Å². The summed E-state index contributed by atoms with van der Waals surface area (Å²) in [5.74, 6) is 0.197. The molecule has 144 valence electrons. The van der Waals surface area contributed by atoms with Crippen LogP contribution in [0, 0.1) is 33.5 Å². The fourth-order valence-electron chi connectivity index (χ4n) is 8.06. The summed E-state index contributed by atoms with van der Waals surface area (Å²) in [7, 11) is 0. The number of ketones is 1. The Kier molecular flexibility index (Phi) is 3.67. The molecule has 0 saturated heterocycles. The molecule has 0 aromatic carbocycles. The Labute approximate surface area is 157 Å². The molecule has 4 aliphatic carbocycles. The van der Waals surface area contributed by atoms with E-state index in [-0.39, 0.29) is 28.1 Å². The number of aliphatic carboxylic acids is 1. The average molecular weight is 359 g/mol. The van der Waals surface area contributed by atoms with Gasteiger partial charge in [-0.25, -0.2) is 0 Å². The van der Waals surface area contributed by atoms with Crippen molar-refractivity contribution in [1.29, 1.82) is 0 Å². The van der Waals surface area contributed by atoms with Crippen LogP contribution in [0.5, 0.6) is 0 Å². The molecule has 1 N–H and O–H groups in total. The molecule has 4 aliphatic rings. The SMILES string of the molecule is CC(=O)[C@H]1CC[C@@]2(C)C3=C(CC[C@]12C)[C@@]1(C)CC[C@@](C)(C(=O)O)[C@H]1CC3. The molecule has 0 aliphatic heterocycles. The molecule has 2 fully saturated rings. The molecular formula is C23H34O3. The first kappa shape index (κ1) is 18.3. The number of hydrogen-bond donors (Lipinski definition) is 1. The van der Waals surface area contributed by atoms with E-state index in [0.29, 0.717) is 5.78 Å². The van der Waals surface area contributed by atoms with E-state index in [2.05, 4.69) is 20.8 Å². The number of allylic oxidation sites excluding steroid dienone is 2. The molecule has 0 heterocycles. The van der Waals surface area contributed by atoms with Crippen LogP contribution in [0.15, 0.2) is 11.1 Å². The molecule has 0 spiro atoms. The summed E-state index contributed by atoms with van der Waals surface area (Å²) in [5, 5.41) is 9.91. The van der Waals surface area contributed by atoms with Crippen molar-refractivity contribution < 1.29 is 14.7 Å². The summed E-state index contributed by atoms with van der Waals surface area (Å²) < 4.78 is 0. The van der Waals surface area contributed by atoms with Gasteiger partial charge in [0.05, 0.1) is 5.41 Å². The normalized spacial score (nSPS) is 50.2. The van der Waals surface area contributed by atoms with Crippen LogP contribution in [0.1, 0.15) is 86.0 Å². The first-order valence-electron chi connectivity index (χ1n) is 10.5. The van der Waals surface area contributed by atoms with E-state index in [4.69, 9.17) is 0 Å². The van der Waals surface area contributed by atoms with Gasteiger partial charge >= 0.3 is 5.97 Å². The molecule has 0 bridgehead atoms. The Morgan fingerprint density at radius 3 is 2.23 bits per heavy atom. The molecule has 4 rings (SSSR count). The lowest BCUT2D eigenvalue weighted by Gasteiger charge is -2.56. The van der Waals surface area contributed by atoms with E-state index in [9.17, 15) is 14.7 Å². The number of hydrogen-bond acceptors (Lipinski definition) is 2. The van der Waals surface area contributed by atoms with Gasteiger partial charge < -0.3 is 5.11 Å². The fourth-order valence-corrected chi connectivity index (χ4v) is 8.06. The Balaban J connectivity index is 1.81. The van der Waals surface area contributed by atoms with Crippen LogP contribution in [0.2, 0.25) is 0 Å². The van der Waals surface area contributed by atoms with Crippen LogP contribution < -0.4 is 0 Å². The first-order chi connectivity index (χ1) is 12.0. The first-order valence-corrected chi connectivity index (χ1v) is 10.5. The monoisotopic (exact) mass is 358 g/mol. The van der Waals surface area contributed by atoms with Gasteiger partial charge in [0.25, 0.3) is 0 Å². The van der Waals surface area contributed by atoms with Gasteiger partial charge in [-0.2, -0.15) is 0 Å². The zero-order valence-corrected chi connectivity index (χ0v) is 17.1. The molecule has 3 heteroatoms. The summed E-state index contributed by atoms with van der Waals surface area (Å²) in [5.41, 5.74) is 2.86. The summed E-state index contributed by atoms with van der Waals surface area (Å²) >= 11 is 0. The van der Waals surface area contributed by atoms with Gasteiger partial charge in [-0.3, -0.25) is 9.59 Å². The van der Waals surface area contributed by atoms with E-state index in [1.54, 1.807) is 18.1 Å². The van der Waals surface area contributed by atoms with Gasteiger partial charge in [0, 0.05) is 5.92 Å². The summed E-state index contributed by atoms with van der Waals surface area (Å²) in [6.45, 7) is 10.9. The second-order valence-corrected chi connectivity index (χ2v) is 10.6. The van der Waals surface area contributed by atoms with Crippen molar-refractivity contribution in [2.24, 2.45) is 33.5 Å². The van der Waals surface area contributed by atoms with E-state index in [0.717, 1.165) is 51.4 Å². The van der Waals surface area contributed by atoms with Gasteiger partial charge in [-0.15, -0.1) is 0 Å². The van der Waals surface area contributed by atoms with E-state index >= 15 is 0 Å². The molecule has 0 radical (unpaired) electrons. The number of carbonyl (C=O) groups is 2. The number of carbonyl (C=O) groups excluding carboxylic acids is 1. The Morgan fingerprint density at radius 1 is 0.923 bits per heavy atom. The van der Waals surface area contributed by atoms with Crippen molar-refractivity contribution in [2.75, 3.05) is 0 Å². The molecule has 26 heavy (non-hydrogen) atoms. The zero-order chi connectivity index (χ0) is 19.1. The number of Topliss-reactive ketones (excluding diaryl/α,β-unsaturated/α-hetero) is 1. The van der Waals surface area contributed by atoms with Crippen molar-refractivity contribution in [1.82, 2.24) is 0 Å². The van der Waals surface area contributed by atoms with Gasteiger partial charge in [-0.1, -0.05) is 31.9 Å². The molecule has 3 nitrogen and oxygen atoms in total. The van der Waals surface area contributed by atoms with Crippen molar-refractivity contribution in [3.05, 3.63) is 11.1 Å². The largest absolute Gasteiger partial charge is 0.481 e. The maximum atomic E-state index is 12.3. The minimum atomic E-state index is -0.611. The zero-order valence-electron chi connectivity index (χ0n) is 17.1. The Hall–Kier alpha value is -1.12. The van der Waals surface area contributed by atoms with Crippen LogP contribution in [0.25, 0.3) is 0 Å². The minimum Gasteiger partial charge on any atom is -0.481 e. The highest BCUT2D eigenvalue weighted by Crippen LogP contribution is 2.72. The Morgan fingerprint density at radius 2 is 1.62 bits per heavy atom. The quantitative estimate of drug-likeness (QED) is 0.673. The van der Waals surface area contributed by atoms with E-state index < -0.39 is 11.4 Å². The minimum absolute atomic E-state index is 0.0410. The third-order valence-electron chi connectivity index (χ3n) is 9.94. The second kappa shape index (κ2) is 5.23. The maximum absolute atomic E-state index is 12.3. The van der Waals surface area contributed by atoms with Gasteiger partial charge in [0.15, 0.2) is 0 Å². The third kappa shape index (κ3) is 1.90. The smallest absolute Gasteiger partial charge is 0.309 e. The van der Waals surface area contributed by atoms with Gasteiger partial charge in [0.1, 0.15) is 5.78 Å². The summed E-state index contributed by atoms with van der Waals surface area (Å²) in [6, 6.07) is 0. The molecule has 0 aromatic rings. The van der Waals surface area contributed by atoms with Crippen molar-refractivity contribution >= 4 is 11.8 Å².